The topological polar surface area (TPSA) is 67.3 Å². The van der Waals surface area contributed by atoms with Gasteiger partial charge < -0.3 is 5.11 Å². The van der Waals surface area contributed by atoms with Crippen molar-refractivity contribution in [3.8, 4) is 0 Å². The number of nitrogens with zero attached hydrogens (tertiary/aromatic N) is 1. The fourth-order valence-corrected chi connectivity index (χ4v) is 2.68. The monoisotopic (exact) mass is 297 g/mol. The van der Waals surface area contributed by atoms with Crippen molar-refractivity contribution in [1.29, 1.82) is 0 Å². The van der Waals surface area contributed by atoms with Gasteiger partial charge in [-0.15, -0.1) is 0 Å². The maximum absolute atomic E-state index is 13.2. The molecule has 1 heterocycles. The van der Waals surface area contributed by atoms with E-state index in [1.54, 1.807) is 0 Å². The Labute approximate surface area is 115 Å². The van der Waals surface area contributed by atoms with Crippen LogP contribution in [-0.4, -0.2) is 20.3 Å². The third kappa shape index (κ3) is 3.24. The first-order valence-corrected chi connectivity index (χ1v) is 6.80. The summed E-state index contributed by atoms with van der Waals surface area (Å²) in [5, 5.41) is 8.80. The number of carboxylic acid groups (broad SMARTS) is 1. The van der Waals surface area contributed by atoms with Crippen LogP contribution in [0.4, 0.5) is 8.78 Å². The van der Waals surface area contributed by atoms with Gasteiger partial charge in [-0.2, -0.15) is 0 Å². The van der Waals surface area contributed by atoms with Crippen molar-refractivity contribution >= 4 is 16.8 Å². The van der Waals surface area contributed by atoms with Crippen molar-refractivity contribution in [3.05, 3.63) is 59.4 Å². The molecule has 104 valence electrons. The van der Waals surface area contributed by atoms with Crippen LogP contribution in [0.15, 0.2) is 41.6 Å². The zero-order chi connectivity index (χ0) is 14.7. The molecular formula is C13H9F2NO3S. The smallest absolute Gasteiger partial charge is 0.338 e. The normalized spacial score (nSPS) is 12.1. The van der Waals surface area contributed by atoms with E-state index in [9.17, 15) is 17.8 Å². The summed E-state index contributed by atoms with van der Waals surface area (Å²) in [5.74, 6) is -2.92. The van der Waals surface area contributed by atoms with E-state index in [4.69, 9.17) is 5.11 Å². The standard InChI is InChI=1S/C13H9F2NO3S/c14-9-3-8(5-16-6-9)7-20(19)10-1-2-12(15)11(4-10)13(17)18/h1-6H,7H2,(H,17,18). The summed E-state index contributed by atoms with van der Waals surface area (Å²) in [4.78, 5) is 14.6. The van der Waals surface area contributed by atoms with E-state index in [2.05, 4.69) is 4.98 Å². The molecule has 1 atom stereocenters. The highest BCUT2D eigenvalue weighted by molar-refractivity contribution is 7.84. The molecule has 1 aromatic carbocycles. The summed E-state index contributed by atoms with van der Waals surface area (Å²) in [7, 11) is -1.61. The van der Waals surface area contributed by atoms with Gasteiger partial charge in [0.25, 0.3) is 0 Å². The fourth-order valence-electron chi connectivity index (χ4n) is 1.58. The number of aromatic nitrogens is 1. The highest BCUT2D eigenvalue weighted by atomic mass is 32.2. The summed E-state index contributed by atoms with van der Waals surface area (Å²) in [5.41, 5.74) is -0.141. The summed E-state index contributed by atoms with van der Waals surface area (Å²) in [6.45, 7) is 0. The molecule has 0 amide bonds. The number of carbonyl (C=O) groups is 1. The molecule has 1 unspecified atom stereocenters. The predicted octanol–water partition coefficient (Wildman–Crippen LogP) is 2.37. The number of rotatable bonds is 4. The molecule has 0 saturated carbocycles. The number of benzene rings is 1. The first-order chi connectivity index (χ1) is 9.47. The van der Waals surface area contributed by atoms with Gasteiger partial charge in [0.05, 0.1) is 28.3 Å². The van der Waals surface area contributed by atoms with Gasteiger partial charge in [0, 0.05) is 11.1 Å². The number of aromatic carboxylic acids is 1. The van der Waals surface area contributed by atoms with Gasteiger partial charge in [-0.05, 0) is 29.8 Å². The minimum atomic E-state index is -1.61. The molecular weight excluding hydrogens is 288 g/mol. The number of carboxylic acids is 1. The van der Waals surface area contributed by atoms with Gasteiger partial charge in [-0.1, -0.05) is 0 Å². The number of hydrogen-bond acceptors (Lipinski definition) is 3. The molecule has 7 heteroatoms. The maximum Gasteiger partial charge on any atom is 0.338 e. The van der Waals surface area contributed by atoms with Crippen LogP contribution in [0.25, 0.3) is 0 Å². The van der Waals surface area contributed by atoms with Gasteiger partial charge >= 0.3 is 5.97 Å². The lowest BCUT2D eigenvalue weighted by Gasteiger charge is -2.04. The van der Waals surface area contributed by atoms with Gasteiger partial charge in [0.15, 0.2) is 0 Å². The zero-order valence-corrected chi connectivity index (χ0v) is 10.9. The Morgan fingerprint density at radius 1 is 1.25 bits per heavy atom. The summed E-state index contributed by atoms with van der Waals surface area (Å²) >= 11 is 0. The Balaban J connectivity index is 2.26. The average molecular weight is 297 g/mol. The number of halogens is 2. The highest BCUT2D eigenvalue weighted by Gasteiger charge is 2.14. The van der Waals surface area contributed by atoms with Crippen LogP contribution < -0.4 is 0 Å². The first kappa shape index (κ1) is 14.3. The van der Waals surface area contributed by atoms with Crippen molar-refractivity contribution in [2.75, 3.05) is 0 Å². The molecule has 1 aromatic heterocycles. The molecule has 0 aliphatic carbocycles. The van der Waals surface area contributed by atoms with E-state index < -0.39 is 34.0 Å². The molecule has 0 fully saturated rings. The molecule has 0 spiro atoms. The molecule has 0 saturated heterocycles. The summed E-state index contributed by atoms with van der Waals surface area (Å²) < 4.78 is 38.2. The van der Waals surface area contributed by atoms with Crippen molar-refractivity contribution in [1.82, 2.24) is 4.98 Å². The molecule has 2 rings (SSSR count). The number of hydrogen-bond donors (Lipinski definition) is 1. The lowest BCUT2D eigenvalue weighted by atomic mass is 10.2. The van der Waals surface area contributed by atoms with Crippen molar-refractivity contribution in [2.45, 2.75) is 10.6 Å². The van der Waals surface area contributed by atoms with E-state index >= 15 is 0 Å². The SMILES string of the molecule is O=C(O)c1cc(S(=O)Cc2cncc(F)c2)ccc1F. The molecule has 0 aliphatic rings. The Morgan fingerprint density at radius 3 is 2.65 bits per heavy atom. The van der Waals surface area contributed by atoms with Crippen LogP contribution in [0.5, 0.6) is 0 Å². The second kappa shape index (κ2) is 5.87. The van der Waals surface area contributed by atoms with E-state index in [-0.39, 0.29) is 10.6 Å². The second-order valence-corrected chi connectivity index (χ2v) is 5.40. The van der Waals surface area contributed by atoms with Gasteiger partial charge in [0.1, 0.15) is 11.6 Å². The minimum Gasteiger partial charge on any atom is -0.478 e. The van der Waals surface area contributed by atoms with Crippen LogP contribution in [0.2, 0.25) is 0 Å². The van der Waals surface area contributed by atoms with Gasteiger partial charge in [-0.3, -0.25) is 9.19 Å². The first-order valence-electron chi connectivity index (χ1n) is 5.48. The molecule has 4 nitrogen and oxygen atoms in total. The second-order valence-electron chi connectivity index (χ2n) is 3.95. The van der Waals surface area contributed by atoms with Gasteiger partial charge in [0.2, 0.25) is 0 Å². The van der Waals surface area contributed by atoms with Crippen LogP contribution in [0.1, 0.15) is 15.9 Å². The van der Waals surface area contributed by atoms with Gasteiger partial charge in [-0.25, -0.2) is 13.6 Å². The molecule has 1 N–H and O–H groups in total. The van der Waals surface area contributed by atoms with Crippen molar-refractivity contribution < 1.29 is 22.9 Å². The van der Waals surface area contributed by atoms with E-state index in [0.29, 0.717) is 5.56 Å². The summed E-state index contributed by atoms with van der Waals surface area (Å²) in [6, 6.07) is 4.39. The van der Waals surface area contributed by atoms with E-state index in [1.807, 2.05) is 0 Å². The average Bonchev–Trinajstić information content (AvgIpc) is 2.38. The molecule has 0 bridgehead atoms. The van der Waals surface area contributed by atoms with Crippen LogP contribution >= 0.6 is 0 Å². The third-order valence-corrected chi connectivity index (χ3v) is 3.87. The minimum absolute atomic E-state index is 0.0323. The molecule has 2 aromatic rings. The van der Waals surface area contributed by atoms with E-state index in [0.717, 1.165) is 18.3 Å². The fraction of sp³-hybridized carbons (Fsp3) is 0.0769. The molecule has 0 radical (unpaired) electrons. The lowest BCUT2D eigenvalue weighted by Crippen LogP contribution is -2.04. The predicted molar refractivity (Wildman–Crippen MR) is 67.7 cm³/mol. The number of pyridine rings is 1. The Morgan fingerprint density at radius 2 is 2.00 bits per heavy atom. The zero-order valence-electron chi connectivity index (χ0n) is 10.0. The Bertz CT molecular complexity index is 691. The molecule has 20 heavy (non-hydrogen) atoms. The lowest BCUT2D eigenvalue weighted by molar-refractivity contribution is 0.0691. The third-order valence-electron chi connectivity index (χ3n) is 2.49. The van der Waals surface area contributed by atoms with Crippen molar-refractivity contribution in [2.24, 2.45) is 0 Å². The molecule has 0 aliphatic heterocycles. The van der Waals surface area contributed by atoms with Crippen LogP contribution in [-0.2, 0) is 16.6 Å². The van der Waals surface area contributed by atoms with Crippen LogP contribution in [0, 0.1) is 11.6 Å². The Kier molecular flexibility index (Phi) is 4.19. The Hall–Kier alpha value is -2.15. The highest BCUT2D eigenvalue weighted by Crippen LogP contribution is 2.17. The quantitative estimate of drug-likeness (QED) is 0.940. The summed E-state index contributed by atoms with van der Waals surface area (Å²) in [6.07, 6.45) is 2.38. The largest absolute Gasteiger partial charge is 0.478 e. The van der Waals surface area contributed by atoms with E-state index in [1.165, 1.54) is 18.3 Å². The van der Waals surface area contributed by atoms with Crippen LogP contribution in [0.3, 0.4) is 0 Å². The maximum atomic E-state index is 13.2. The van der Waals surface area contributed by atoms with Crippen molar-refractivity contribution in [3.63, 3.8) is 0 Å².